The molecule has 0 spiro atoms. The van der Waals surface area contributed by atoms with Crippen molar-refractivity contribution >= 4 is 0 Å². The summed E-state index contributed by atoms with van der Waals surface area (Å²) in [6.45, 7) is 0. The van der Waals surface area contributed by atoms with Crippen LogP contribution in [0.15, 0.2) is 23.3 Å². The first-order chi connectivity index (χ1) is 8.78. The van der Waals surface area contributed by atoms with Gasteiger partial charge < -0.3 is 5.11 Å². The van der Waals surface area contributed by atoms with Crippen molar-refractivity contribution in [2.75, 3.05) is 0 Å². The second-order valence-electron chi connectivity index (χ2n) is 6.94. The van der Waals surface area contributed by atoms with E-state index in [0.29, 0.717) is 0 Å². The second kappa shape index (κ2) is 3.96. The van der Waals surface area contributed by atoms with Gasteiger partial charge in [0.05, 0.1) is 5.60 Å². The smallest absolute Gasteiger partial charge is 0.0862 e. The van der Waals surface area contributed by atoms with E-state index in [1.165, 1.54) is 44.1 Å². The Morgan fingerprint density at radius 2 is 2.00 bits per heavy atom. The molecule has 18 heavy (non-hydrogen) atoms. The normalized spacial score (nSPS) is 46.6. The predicted molar refractivity (Wildman–Crippen MR) is 73.1 cm³/mol. The lowest BCUT2D eigenvalue weighted by Crippen LogP contribution is -2.41. The molecular formula is C17H24O. The van der Waals surface area contributed by atoms with Crippen molar-refractivity contribution in [1.82, 2.24) is 0 Å². The molecule has 2 saturated carbocycles. The van der Waals surface area contributed by atoms with Gasteiger partial charge in [-0.2, -0.15) is 0 Å². The first-order valence-corrected chi connectivity index (χ1v) is 7.92. The molecule has 0 bridgehead atoms. The lowest BCUT2D eigenvalue weighted by atomic mass is 9.62. The van der Waals surface area contributed by atoms with Crippen LogP contribution >= 0.6 is 0 Å². The topological polar surface area (TPSA) is 20.2 Å². The van der Waals surface area contributed by atoms with Crippen LogP contribution in [0.1, 0.15) is 57.8 Å². The summed E-state index contributed by atoms with van der Waals surface area (Å²) in [5, 5.41) is 10.9. The monoisotopic (exact) mass is 244 g/mol. The van der Waals surface area contributed by atoms with Crippen molar-refractivity contribution in [1.29, 1.82) is 0 Å². The van der Waals surface area contributed by atoms with Gasteiger partial charge in [0.15, 0.2) is 0 Å². The molecule has 0 aromatic rings. The van der Waals surface area contributed by atoms with Crippen molar-refractivity contribution in [3.63, 3.8) is 0 Å². The van der Waals surface area contributed by atoms with Crippen molar-refractivity contribution < 1.29 is 5.11 Å². The highest BCUT2D eigenvalue weighted by molar-refractivity contribution is 5.40. The summed E-state index contributed by atoms with van der Waals surface area (Å²) in [7, 11) is 0. The summed E-state index contributed by atoms with van der Waals surface area (Å²) in [6.07, 6.45) is 16.1. The zero-order valence-corrected chi connectivity index (χ0v) is 11.2. The summed E-state index contributed by atoms with van der Waals surface area (Å²) in [4.78, 5) is 0. The summed E-state index contributed by atoms with van der Waals surface area (Å²) in [5.74, 6) is 2.55. The van der Waals surface area contributed by atoms with Crippen LogP contribution < -0.4 is 0 Å². The van der Waals surface area contributed by atoms with Crippen LogP contribution in [0.5, 0.6) is 0 Å². The molecule has 4 atom stereocenters. The van der Waals surface area contributed by atoms with E-state index in [2.05, 4.69) is 12.2 Å². The standard InChI is InChI=1S/C17H24O/c18-17-10-2-1-6-16(17)15-8-7-12-4-3-5-13(12)14(15)9-11-17/h7-8,12-14,18H,1-6,9-11H2/t12-,13+,14-,17-/m0/s1. The van der Waals surface area contributed by atoms with Crippen LogP contribution in [-0.4, -0.2) is 10.7 Å². The molecule has 2 fully saturated rings. The molecular weight excluding hydrogens is 220 g/mol. The third kappa shape index (κ3) is 1.49. The quantitative estimate of drug-likeness (QED) is 0.683. The van der Waals surface area contributed by atoms with Gasteiger partial charge in [0.1, 0.15) is 0 Å². The van der Waals surface area contributed by atoms with Gasteiger partial charge in [-0.05, 0) is 80.3 Å². The first-order valence-electron chi connectivity index (χ1n) is 7.92. The molecule has 0 saturated heterocycles. The summed E-state index contributed by atoms with van der Waals surface area (Å²) >= 11 is 0. The van der Waals surface area contributed by atoms with Gasteiger partial charge in [-0.25, -0.2) is 0 Å². The van der Waals surface area contributed by atoms with Crippen LogP contribution in [-0.2, 0) is 0 Å². The fourth-order valence-corrected chi connectivity index (χ4v) is 5.22. The maximum Gasteiger partial charge on any atom is 0.0862 e. The van der Waals surface area contributed by atoms with Gasteiger partial charge in [0.25, 0.3) is 0 Å². The van der Waals surface area contributed by atoms with Gasteiger partial charge in [0, 0.05) is 0 Å². The van der Waals surface area contributed by atoms with Crippen LogP contribution in [0.25, 0.3) is 0 Å². The molecule has 4 aliphatic carbocycles. The summed E-state index contributed by atoms with van der Waals surface area (Å²) < 4.78 is 0. The summed E-state index contributed by atoms with van der Waals surface area (Å²) in [6, 6.07) is 0. The van der Waals surface area contributed by atoms with E-state index >= 15 is 0 Å². The number of rotatable bonds is 0. The average molecular weight is 244 g/mol. The molecule has 1 heteroatoms. The highest BCUT2D eigenvalue weighted by Crippen LogP contribution is 2.53. The van der Waals surface area contributed by atoms with E-state index in [1.807, 2.05) is 0 Å². The highest BCUT2D eigenvalue weighted by atomic mass is 16.3. The van der Waals surface area contributed by atoms with Crippen molar-refractivity contribution in [2.45, 2.75) is 63.4 Å². The number of hydrogen-bond acceptors (Lipinski definition) is 1. The van der Waals surface area contributed by atoms with E-state index in [4.69, 9.17) is 0 Å². The fourth-order valence-electron chi connectivity index (χ4n) is 5.22. The second-order valence-corrected chi connectivity index (χ2v) is 6.94. The Morgan fingerprint density at radius 1 is 1.06 bits per heavy atom. The number of allylic oxidation sites excluding steroid dienone is 3. The molecule has 0 aliphatic heterocycles. The molecule has 4 rings (SSSR count). The molecule has 4 aliphatic rings. The number of aliphatic hydroxyl groups is 1. The van der Waals surface area contributed by atoms with Crippen molar-refractivity contribution in [3.8, 4) is 0 Å². The van der Waals surface area contributed by atoms with Crippen LogP contribution in [0.2, 0.25) is 0 Å². The minimum Gasteiger partial charge on any atom is -0.385 e. The Kier molecular flexibility index (Phi) is 2.49. The molecule has 1 nitrogen and oxygen atoms in total. The average Bonchev–Trinajstić information content (AvgIpc) is 2.86. The molecule has 0 amide bonds. The van der Waals surface area contributed by atoms with Crippen LogP contribution in [0, 0.1) is 17.8 Å². The van der Waals surface area contributed by atoms with Crippen molar-refractivity contribution in [3.05, 3.63) is 23.3 Å². The van der Waals surface area contributed by atoms with Gasteiger partial charge in [-0.15, -0.1) is 0 Å². The lowest BCUT2D eigenvalue weighted by Gasteiger charge is -2.46. The first kappa shape index (κ1) is 11.3. The minimum absolute atomic E-state index is 0.417. The van der Waals surface area contributed by atoms with Gasteiger partial charge in [0.2, 0.25) is 0 Å². The largest absolute Gasteiger partial charge is 0.385 e. The highest BCUT2D eigenvalue weighted by Gasteiger charge is 2.45. The van der Waals surface area contributed by atoms with Gasteiger partial charge in [-0.1, -0.05) is 18.6 Å². The van der Waals surface area contributed by atoms with E-state index in [0.717, 1.165) is 37.0 Å². The minimum atomic E-state index is -0.417. The van der Waals surface area contributed by atoms with Crippen LogP contribution in [0.4, 0.5) is 0 Å². The molecule has 0 aromatic heterocycles. The molecule has 0 heterocycles. The fraction of sp³-hybridized carbons (Fsp3) is 0.765. The molecule has 1 N–H and O–H groups in total. The van der Waals surface area contributed by atoms with E-state index in [9.17, 15) is 5.11 Å². The molecule has 0 radical (unpaired) electrons. The van der Waals surface area contributed by atoms with Gasteiger partial charge >= 0.3 is 0 Å². The zero-order valence-electron chi connectivity index (χ0n) is 11.2. The number of hydrogen-bond donors (Lipinski definition) is 1. The van der Waals surface area contributed by atoms with E-state index in [1.54, 1.807) is 5.57 Å². The molecule has 0 unspecified atom stereocenters. The Morgan fingerprint density at radius 3 is 2.94 bits per heavy atom. The zero-order chi connectivity index (χ0) is 12.2. The Labute approximate surface area is 110 Å². The number of fused-ring (bicyclic) bond motifs is 4. The van der Waals surface area contributed by atoms with E-state index in [-0.39, 0.29) is 0 Å². The lowest BCUT2D eigenvalue weighted by molar-refractivity contribution is 0.0227. The molecule has 0 aromatic carbocycles. The maximum atomic E-state index is 10.9. The third-order valence-electron chi connectivity index (χ3n) is 6.11. The third-order valence-corrected chi connectivity index (χ3v) is 6.11. The van der Waals surface area contributed by atoms with Gasteiger partial charge in [-0.3, -0.25) is 0 Å². The maximum absolute atomic E-state index is 10.9. The van der Waals surface area contributed by atoms with Crippen molar-refractivity contribution in [2.24, 2.45) is 17.8 Å². The molecule has 98 valence electrons. The predicted octanol–water partition coefficient (Wildman–Crippen LogP) is 3.98. The summed E-state index contributed by atoms with van der Waals surface area (Å²) in [5.41, 5.74) is 2.58. The Hall–Kier alpha value is -0.560. The Balaban J connectivity index is 1.78. The van der Waals surface area contributed by atoms with E-state index < -0.39 is 5.60 Å². The Bertz CT molecular complexity index is 419. The SMILES string of the molecule is O[C@]12CCCCC1=C1C=C[C@@H]3CCC[C@H]3[C@@H]1CC2. The van der Waals surface area contributed by atoms with Crippen LogP contribution in [0.3, 0.4) is 0 Å².